The highest BCUT2D eigenvalue weighted by atomic mass is 32.1. The first-order valence-corrected chi connectivity index (χ1v) is 6.01. The van der Waals surface area contributed by atoms with Gasteiger partial charge in [-0.05, 0) is 12.1 Å². The molecule has 0 saturated carbocycles. The monoisotopic (exact) mass is 260 g/mol. The van der Waals surface area contributed by atoms with Crippen molar-refractivity contribution < 1.29 is 9.90 Å². The second-order valence-electron chi connectivity index (χ2n) is 3.68. The van der Waals surface area contributed by atoms with E-state index in [2.05, 4.69) is 15.1 Å². The van der Waals surface area contributed by atoms with Crippen LogP contribution in [0.3, 0.4) is 0 Å². The van der Waals surface area contributed by atoms with Crippen molar-refractivity contribution in [1.29, 1.82) is 0 Å². The number of fused-ring (bicyclic) bond motifs is 1. The van der Waals surface area contributed by atoms with Crippen molar-refractivity contribution >= 4 is 22.3 Å². The van der Waals surface area contributed by atoms with Gasteiger partial charge in [0.25, 0.3) is 0 Å². The van der Waals surface area contributed by atoms with Crippen LogP contribution in [0.1, 0.15) is 5.69 Å². The molecule has 0 aliphatic rings. The van der Waals surface area contributed by atoms with Crippen LogP contribution < -0.4 is 0 Å². The average Bonchev–Trinajstić information content (AvgIpc) is 2.87. The number of hydrogen-bond donors (Lipinski definition) is 1. The summed E-state index contributed by atoms with van der Waals surface area (Å²) in [5.41, 5.74) is 1.44. The van der Waals surface area contributed by atoms with E-state index in [4.69, 9.17) is 5.11 Å². The Morgan fingerprint density at radius 2 is 2.39 bits per heavy atom. The lowest BCUT2D eigenvalue weighted by molar-refractivity contribution is -0.136. The van der Waals surface area contributed by atoms with Gasteiger partial charge in [0.2, 0.25) is 4.96 Å². The van der Waals surface area contributed by atoms with E-state index in [-0.39, 0.29) is 6.42 Å². The molecule has 7 heteroatoms. The van der Waals surface area contributed by atoms with Crippen molar-refractivity contribution in [2.24, 2.45) is 0 Å². The fraction of sp³-hybridized carbons (Fsp3) is 0.0909. The molecule has 3 aromatic rings. The van der Waals surface area contributed by atoms with E-state index in [1.54, 1.807) is 23.1 Å². The van der Waals surface area contributed by atoms with Crippen LogP contribution in [0, 0.1) is 0 Å². The Bertz CT molecular complexity index is 673. The number of carbonyl (C=O) groups is 1. The van der Waals surface area contributed by atoms with Gasteiger partial charge in [-0.2, -0.15) is 5.10 Å². The lowest BCUT2D eigenvalue weighted by atomic mass is 10.3. The highest BCUT2D eigenvalue weighted by Crippen LogP contribution is 2.24. The summed E-state index contributed by atoms with van der Waals surface area (Å²) >= 11 is 1.41. The summed E-state index contributed by atoms with van der Waals surface area (Å²) in [7, 11) is 0. The zero-order chi connectivity index (χ0) is 12.5. The first kappa shape index (κ1) is 10.8. The number of imidazole rings is 1. The van der Waals surface area contributed by atoms with Crippen molar-refractivity contribution in [2.75, 3.05) is 0 Å². The second kappa shape index (κ2) is 4.19. The minimum Gasteiger partial charge on any atom is -0.481 e. The Labute approximate surface area is 106 Å². The zero-order valence-corrected chi connectivity index (χ0v) is 9.96. The van der Waals surface area contributed by atoms with Gasteiger partial charge in [0.05, 0.1) is 18.3 Å². The molecule has 0 fully saturated rings. The highest BCUT2D eigenvalue weighted by Gasteiger charge is 2.11. The molecule has 0 aliphatic carbocycles. The number of carboxylic acids is 1. The van der Waals surface area contributed by atoms with Crippen LogP contribution in [0.5, 0.6) is 0 Å². The van der Waals surface area contributed by atoms with Gasteiger partial charge in [0.1, 0.15) is 5.01 Å². The maximum Gasteiger partial charge on any atom is 0.309 e. The standard InChI is InChI=1S/C11H8N4O2S/c16-9(17)4-8-6-15-11(13-8)18-10(14-15)7-2-1-3-12-5-7/h1-3,5-6H,4H2,(H,16,17). The summed E-state index contributed by atoms with van der Waals surface area (Å²) in [4.78, 5) is 19.5. The largest absolute Gasteiger partial charge is 0.481 e. The Kier molecular flexibility index (Phi) is 2.52. The lowest BCUT2D eigenvalue weighted by Crippen LogP contribution is -1.99. The predicted molar refractivity (Wildman–Crippen MR) is 65.4 cm³/mol. The summed E-state index contributed by atoms with van der Waals surface area (Å²) in [6.07, 6.45) is 4.99. The van der Waals surface area contributed by atoms with Crippen molar-refractivity contribution in [3.05, 3.63) is 36.4 Å². The van der Waals surface area contributed by atoms with Crippen molar-refractivity contribution in [2.45, 2.75) is 6.42 Å². The van der Waals surface area contributed by atoms with Crippen LogP contribution in [0.15, 0.2) is 30.7 Å². The van der Waals surface area contributed by atoms with Crippen molar-refractivity contribution in [3.63, 3.8) is 0 Å². The summed E-state index contributed by atoms with van der Waals surface area (Å²) in [5, 5.41) is 13.9. The minimum atomic E-state index is -0.895. The number of nitrogens with zero attached hydrogens (tertiary/aromatic N) is 4. The summed E-state index contributed by atoms with van der Waals surface area (Å²) < 4.78 is 1.60. The highest BCUT2D eigenvalue weighted by molar-refractivity contribution is 7.19. The predicted octanol–water partition coefficient (Wildman–Crippen LogP) is 1.48. The molecular weight excluding hydrogens is 252 g/mol. The molecule has 18 heavy (non-hydrogen) atoms. The van der Waals surface area contributed by atoms with Gasteiger partial charge in [0.15, 0.2) is 0 Å². The lowest BCUT2D eigenvalue weighted by Gasteiger charge is -1.91. The fourth-order valence-corrected chi connectivity index (χ4v) is 2.48. The Balaban J connectivity index is 1.98. The maximum atomic E-state index is 10.6. The molecule has 0 bridgehead atoms. The molecule has 90 valence electrons. The van der Waals surface area contributed by atoms with E-state index in [0.717, 1.165) is 10.6 Å². The molecule has 0 spiro atoms. The van der Waals surface area contributed by atoms with Crippen LogP contribution in [0.25, 0.3) is 15.5 Å². The first-order chi connectivity index (χ1) is 8.72. The van der Waals surface area contributed by atoms with Crippen LogP contribution in [0.2, 0.25) is 0 Å². The van der Waals surface area contributed by atoms with Gasteiger partial charge in [-0.3, -0.25) is 9.78 Å². The third-order valence-corrected chi connectivity index (χ3v) is 3.31. The third kappa shape index (κ3) is 1.95. The molecule has 0 aliphatic heterocycles. The molecule has 0 aromatic carbocycles. The minimum absolute atomic E-state index is 0.0850. The number of rotatable bonds is 3. The van der Waals surface area contributed by atoms with Gasteiger partial charge in [-0.15, -0.1) is 0 Å². The number of pyridine rings is 1. The van der Waals surface area contributed by atoms with E-state index < -0.39 is 5.97 Å². The molecule has 1 N–H and O–H groups in total. The van der Waals surface area contributed by atoms with Gasteiger partial charge in [0, 0.05) is 18.0 Å². The smallest absolute Gasteiger partial charge is 0.309 e. The maximum absolute atomic E-state index is 10.6. The number of aromatic nitrogens is 4. The van der Waals surface area contributed by atoms with Gasteiger partial charge < -0.3 is 5.11 Å². The molecule has 0 saturated heterocycles. The Morgan fingerprint density at radius 3 is 3.06 bits per heavy atom. The molecule has 3 heterocycles. The molecule has 0 atom stereocenters. The SMILES string of the molecule is O=C(O)Cc1cn2nc(-c3cccnc3)sc2n1. The van der Waals surface area contributed by atoms with E-state index in [0.29, 0.717) is 10.7 Å². The molecule has 6 nitrogen and oxygen atoms in total. The van der Waals surface area contributed by atoms with Crippen LogP contribution in [-0.2, 0) is 11.2 Å². The molecule has 0 unspecified atom stereocenters. The third-order valence-electron chi connectivity index (χ3n) is 2.33. The van der Waals surface area contributed by atoms with Crippen molar-refractivity contribution in [1.82, 2.24) is 19.6 Å². The molecule has 0 radical (unpaired) electrons. The summed E-state index contributed by atoms with van der Waals surface area (Å²) in [6.45, 7) is 0. The van der Waals surface area contributed by atoms with Gasteiger partial charge >= 0.3 is 5.97 Å². The zero-order valence-electron chi connectivity index (χ0n) is 9.15. The van der Waals surface area contributed by atoms with E-state index in [1.807, 2.05) is 12.1 Å². The number of carboxylic acid groups (broad SMARTS) is 1. The van der Waals surface area contributed by atoms with Crippen LogP contribution in [0.4, 0.5) is 0 Å². The quantitative estimate of drug-likeness (QED) is 0.771. The molecule has 3 rings (SSSR count). The van der Waals surface area contributed by atoms with E-state index >= 15 is 0 Å². The normalized spacial score (nSPS) is 10.9. The van der Waals surface area contributed by atoms with E-state index in [9.17, 15) is 4.79 Å². The number of aliphatic carboxylic acids is 1. The molecular formula is C11H8N4O2S. The van der Waals surface area contributed by atoms with E-state index in [1.165, 1.54) is 11.3 Å². The fourth-order valence-electron chi connectivity index (χ4n) is 1.59. The molecule has 0 amide bonds. The summed E-state index contributed by atoms with van der Waals surface area (Å²) in [5.74, 6) is -0.895. The second-order valence-corrected chi connectivity index (χ2v) is 4.63. The Morgan fingerprint density at radius 1 is 1.50 bits per heavy atom. The van der Waals surface area contributed by atoms with Crippen molar-refractivity contribution in [3.8, 4) is 10.6 Å². The average molecular weight is 260 g/mol. The summed E-state index contributed by atoms with van der Waals surface area (Å²) in [6, 6.07) is 3.76. The van der Waals surface area contributed by atoms with Gasteiger partial charge in [-0.1, -0.05) is 11.3 Å². The van der Waals surface area contributed by atoms with Gasteiger partial charge in [-0.25, -0.2) is 9.50 Å². The topological polar surface area (TPSA) is 80.4 Å². The van der Waals surface area contributed by atoms with Crippen LogP contribution >= 0.6 is 11.3 Å². The Hall–Kier alpha value is -2.28. The van der Waals surface area contributed by atoms with Crippen LogP contribution in [-0.4, -0.2) is 30.7 Å². The molecule has 3 aromatic heterocycles. The number of hydrogen-bond acceptors (Lipinski definition) is 5. The first-order valence-electron chi connectivity index (χ1n) is 5.19.